The van der Waals surface area contributed by atoms with Crippen LogP contribution in [0.1, 0.15) is 11.1 Å². The van der Waals surface area contributed by atoms with Crippen LogP contribution in [0.5, 0.6) is 11.5 Å². The molecule has 0 saturated heterocycles. The molecular formula is C14H11ClFNO3. The maximum Gasteiger partial charge on any atom is 0.189 e. The average Bonchev–Trinajstić information content (AvgIpc) is 2.46. The Morgan fingerprint density at radius 1 is 1.40 bits per heavy atom. The molecule has 104 valence electrons. The van der Waals surface area contributed by atoms with E-state index in [1.54, 1.807) is 18.3 Å². The van der Waals surface area contributed by atoms with Gasteiger partial charge in [-0.1, -0.05) is 11.6 Å². The van der Waals surface area contributed by atoms with Crippen LogP contribution < -0.4 is 9.47 Å². The number of fused-ring (bicyclic) bond motifs is 1. The molecule has 0 N–H and O–H groups in total. The minimum atomic E-state index is -0.353. The summed E-state index contributed by atoms with van der Waals surface area (Å²) in [7, 11) is 0. The Hall–Kier alpha value is -1.85. The number of aromatic nitrogens is 1. The summed E-state index contributed by atoms with van der Waals surface area (Å²) in [5.74, 6) is 0.700. The van der Waals surface area contributed by atoms with Gasteiger partial charge in [-0.2, -0.15) is 0 Å². The molecule has 2 heterocycles. The summed E-state index contributed by atoms with van der Waals surface area (Å²) >= 11 is 5.90. The summed E-state index contributed by atoms with van der Waals surface area (Å²) in [6.45, 7) is 0.624. The zero-order valence-electron chi connectivity index (χ0n) is 10.4. The zero-order chi connectivity index (χ0) is 13.9. The van der Waals surface area contributed by atoms with Crippen LogP contribution in [0.15, 0.2) is 30.5 Å². The second-order valence-electron chi connectivity index (χ2n) is 4.24. The highest BCUT2D eigenvalue weighted by molar-refractivity contribution is 6.30. The van der Waals surface area contributed by atoms with Gasteiger partial charge in [0.1, 0.15) is 18.2 Å². The average molecular weight is 296 g/mol. The van der Waals surface area contributed by atoms with Crippen LogP contribution in [0.2, 0.25) is 5.15 Å². The van der Waals surface area contributed by atoms with Crippen molar-refractivity contribution in [2.45, 2.75) is 13.2 Å². The fourth-order valence-corrected chi connectivity index (χ4v) is 2.17. The number of rotatable bonds is 3. The van der Waals surface area contributed by atoms with Gasteiger partial charge >= 0.3 is 0 Å². The first-order chi connectivity index (χ1) is 9.74. The van der Waals surface area contributed by atoms with Crippen molar-refractivity contribution >= 4 is 11.6 Å². The molecule has 0 saturated carbocycles. The van der Waals surface area contributed by atoms with Gasteiger partial charge in [0.2, 0.25) is 0 Å². The molecule has 0 unspecified atom stereocenters. The normalized spacial score (nSPS) is 13.5. The topological polar surface area (TPSA) is 40.6 Å². The van der Waals surface area contributed by atoms with E-state index in [2.05, 4.69) is 4.98 Å². The van der Waals surface area contributed by atoms with Crippen molar-refractivity contribution in [2.24, 2.45) is 0 Å². The fraction of sp³-hybridized carbons (Fsp3) is 0.214. The Balaban J connectivity index is 1.84. The molecule has 1 aromatic heterocycles. The van der Waals surface area contributed by atoms with E-state index in [4.69, 9.17) is 25.8 Å². The number of benzene rings is 1. The summed E-state index contributed by atoms with van der Waals surface area (Å²) in [4.78, 5) is 3.91. The van der Waals surface area contributed by atoms with Gasteiger partial charge in [-0.25, -0.2) is 9.37 Å². The van der Waals surface area contributed by atoms with E-state index in [0.29, 0.717) is 29.2 Å². The first-order valence-electron chi connectivity index (χ1n) is 5.99. The van der Waals surface area contributed by atoms with Crippen molar-refractivity contribution < 1.29 is 18.6 Å². The Labute approximate surface area is 120 Å². The molecule has 1 aliphatic rings. The number of halogens is 2. The SMILES string of the molecule is Fc1cc2c(c(COc3cccnc3Cl)c1)OCOC2. The molecule has 0 fully saturated rings. The predicted molar refractivity (Wildman–Crippen MR) is 70.3 cm³/mol. The molecule has 0 bridgehead atoms. The molecule has 20 heavy (non-hydrogen) atoms. The van der Waals surface area contributed by atoms with Crippen LogP contribution in [0, 0.1) is 5.82 Å². The van der Waals surface area contributed by atoms with Crippen LogP contribution in [0.3, 0.4) is 0 Å². The molecule has 4 nitrogen and oxygen atoms in total. The summed E-state index contributed by atoms with van der Waals surface area (Å²) in [6, 6.07) is 6.20. The summed E-state index contributed by atoms with van der Waals surface area (Å²) in [5.41, 5.74) is 1.29. The Morgan fingerprint density at radius 3 is 3.15 bits per heavy atom. The van der Waals surface area contributed by atoms with Crippen molar-refractivity contribution in [1.82, 2.24) is 4.98 Å². The second kappa shape index (κ2) is 5.64. The maximum absolute atomic E-state index is 13.6. The van der Waals surface area contributed by atoms with E-state index in [0.717, 1.165) is 0 Å². The monoisotopic (exact) mass is 295 g/mol. The highest BCUT2D eigenvalue weighted by Gasteiger charge is 2.17. The van der Waals surface area contributed by atoms with Gasteiger partial charge in [-0.15, -0.1) is 0 Å². The van der Waals surface area contributed by atoms with Crippen molar-refractivity contribution in [2.75, 3.05) is 6.79 Å². The smallest absolute Gasteiger partial charge is 0.189 e. The van der Waals surface area contributed by atoms with Crippen LogP contribution in [-0.2, 0) is 18.0 Å². The summed E-state index contributed by atoms with van der Waals surface area (Å²) in [6.07, 6.45) is 1.57. The molecule has 2 aromatic rings. The molecular weight excluding hydrogens is 285 g/mol. The highest BCUT2D eigenvalue weighted by atomic mass is 35.5. The van der Waals surface area contributed by atoms with Gasteiger partial charge in [-0.3, -0.25) is 0 Å². The Kier molecular flexibility index (Phi) is 3.71. The molecule has 1 aromatic carbocycles. The van der Waals surface area contributed by atoms with E-state index < -0.39 is 0 Å². The predicted octanol–water partition coefficient (Wildman–Crippen LogP) is 3.32. The van der Waals surface area contributed by atoms with E-state index in [-0.39, 0.29) is 24.4 Å². The number of hydrogen-bond acceptors (Lipinski definition) is 4. The summed E-state index contributed by atoms with van der Waals surface area (Å²) < 4.78 is 29.7. The first kappa shape index (κ1) is 13.1. The standard InChI is InChI=1S/C14H11ClFNO3/c15-14-12(2-1-3-17-14)19-7-10-5-11(16)4-9-6-18-8-20-13(9)10/h1-5H,6-8H2. The lowest BCUT2D eigenvalue weighted by molar-refractivity contribution is -0.0178. The number of hydrogen-bond donors (Lipinski definition) is 0. The van der Waals surface area contributed by atoms with Crippen molar-refractivity contribution in [3.8, 4) is 11.5 Å². The largest absolute Gasteiger partial charge is 0.486 e. The molecule has 1 aliphatic heterocycles. The van der Waals surface area contributed by atoms with Crippen molar-refractivity contribution in [1.29, 1.82) is 0 Å². The third-order valence-electron chi connectivity index (χ3n) is 2.86. The minimum Gasteiger partial charge on any atom is -0.486 e. The molecule has 0 atom stereocenters. The van der Waals surface area contributed by atoms with Crippen LogP contribution in [-0.4, -0.2) is 11.8 Å². The molecule has 6 heteroatoms. The van der Waals surface area contributed by atoms with Gasteiger partial charge < -0.3 is 14.2 Å². The van der Waals surface area contributed by atoms with Gasteiger partial charge in [0.05, 0.1) is 6.61 Å². The van der Waals surface area contributed by atoms with Crippen LogP contribution in [0.4, 0.5) is 4.39 Å². The molecule has 3 rings (SSSR count). The van der Waals surface area contributed by atoms with E-state index in [1.165, 1.54) is 12.1 Å². The highest BCUT2D eigenvalue weighted by Crippen LogP contribution is 2.31. The molecule has 0 radical (unpaired) electrons. The second-order valence-corrected chi connectivity index (χ2v) is 4.60. The quantitative estimate of drug-likeness (QED) is 0.815. The maximum atomic E-state index is 13.6. The van der Waals surface area contributed by atoms with Crippen LogP contribution >= 0.6 is 11.6 Å². The Morgan fingerprint density at radius 2 is 2.30 bits per heavy atom. The van der Waals surface area contributed by atoms with Gasteiger partial charge in [-0.05, 0) is 24.3 Å². The van der Waals surface area contributed by atoms with E-state index in [1.807, 2.05) is 0 Å². The van der Waals surface area contributed by atoms with Gasteiger partial charge in [0, 0.05) is 17.3 Å². The van der Waals surface area contributed by atoms with E-state index in [9.17, 15) is 4.39 Å². The lowest BCUT2D eigenvalue weighted by atomic mass is 10.1. The lowest BCUT2D eigenvalue weighted by Crippen LogP contribution is -2.14. The Bertz CT molecular complexity index is 636. The van der Waals surface area contributed by atoms with Crippen LogP contribution in [0.25, 0.3) is 0 Å². The number of ether oxygens (including phenoxy) is 3. The van der Waals surface area contributed by atoms with Crippen molar-refractivity contribution in [3.63, 3.8) is 0 Å². The summed E-state index contributed by atoms with van der Waals surface area (Å²) in [5, 5.41) is 0.266. The zero-order valence-corrected chi connectivity index (χ0v) is 11.2. The molecule has 0 spiro atoms. The molecule has 0 aliphatic carbocycles. The van der Waals surface area contributed by atoms with Gasteiger partial charge in [0.25, 0.3) is 0 Å². The van der Waals surface area contributed by atoms with E-state index >= 15 is 0 Å². The lowest BCUT2D eigenvalue weighted by Gasteiger charge is -2.21. The first-order valence-corrected chi connectivity index (χ1v) is 6.37. The third kappa shape index (κ3) is 2.69. The fourth-order valence-electron chi connectivity index (χ4n) is 2.00. The van der Waals surface area contributed by atoms with Gasteiger partial charge in [0.15, 0.2) is 17.7 Å². The van der Waals surface area contributed by atoms with Crippen molar-refractivity contribution in [3.05, 3.63) is 52.6 Å². The number of pyridine rings is 1. The number of nitrogens with zero attached hydrogens (tertiary/aromatic N) is 1. The minimum absolute atomic E-state index is 0.144. The third-order valence-corrected chi connectivity index (χ3v) is 3.14. The molecule has 0 amide bonds.